The number of carbonyl (C=O) groups is 2. The van der Waals surface area contributed by atoms with Crippen molar-refractivity contribution in [3.05, 3.63) is 76.1 Å². The molecule has 3 aromatic rings. The average molecular weight is 466 g/mol. The summed E-state index contributed by atoms with van der Waals surface area (Å²) in [4.78, 5) is 35.8. The van der Waals surface area contributed by atoms with Gasteiger partial charge in [-0.25, -0.2) is 9.59 Å². The molecule has 0 unspecified atom stereocenters. The summed E-state index contributed by atoms with van der Waals surface area (Å²) < 4.78 is 15.9. The summed E-state index contributed by atoms with van der Waals surface area (Å²) in [5, 5.41) is 3.57. The Labute approximate surface area is 199 Å². The Morgan fingerprint density at radius 2 is 1.79 bits per heavy atom. The highest BCUT2D eigenvalue weighted by atomic mass is 16.5. The van der Waals surface area contributed by atoms with Crippen LogP contribution in [0.5, 0.6) is 5.75 Å². The summed E-state index contributed by atoms with van der Waals surface area (Å²) in [6, 6.07) is 16.2. The van der Waals surface area contributed by atoms with Crippen LogP contribution >= 0.6 is 0 Å². The first-order chi connectivity index (χ1) is 16.5. The number of alkyl carbamates (subject to hydrolysis) is 1. The van der Waals surface area contributed by atoms with Gasteiger partial charge in [-0.15, -0.1) is 0 Å². The van der Waals surface area contributed by atoms with Crippen molar-refractivity contribution in [2.24, 2.45) is 0 Å². The predicted octanol–water partition coefficient (Wildman–Crippen LogP) is 5.53. The van der Waals surface area contributed by atoms with E-state index >= 15 is 0 Å². The van der Waals surface area contributed by atoms with Gasteiger partial charge in [0.1, 0.15) is 17.9 Å². The minimum Gasteiger partial charge on any atom is -0.445 e. The maximum atomic E-state index is 12.2. The molecule has 1 aromatic heterocycles. The maximum absolute atomic E-state index is 12.2. The van der Waals surface area contributed by atoms with E-state index in [1.54, 1.807) is 12.1 Å². The number of unbranched alkanes of at least 4 members (excludes halogenated alkanes) is 3. The first-order valence-electron chi connectivity index (χ1n) is 11.8. The van der Waals surface area contributed by atoms with E-state index < -0.39 is 11.7 Å². The second-order valence-electron chi connectivity index (χ2n) is 8.13. The molecule has 1 heterocycles. The smallest absolute Gasteiger partial charge is 0.407 e. The lowest BCUT2D eigenvalue weighted by atomic mass is 10.0. The van der Waals surface area contributed by atoms with Crippen LogP contribution in [0.1, 0.15) is 56.6 Å². The largest absolute Gasteiger partial charge is 0.445 e. The fourth-order valence-corrected chi connectivity index (χ4v) is 3.57. The number of esters is 1. The van der Waals surface area contributed by atoms with Crippen LogP contribution in [0.3, 0.4) is 0 Å². The number of amides is 1. The molecule has 0 aliphatic carbocycles. The first kappa shape index (κ1) is 25.0. The number of hydrogen-bond donors (Lipinski definition) is 1. The molecule has 0 fully saturated rings. The highest BCUT2D eigenvalue weighted by Crippen LogP contribution is 2.24. The van der Waals surface area contributed by atoms with Crippen LogP contribution in [0.2, 0.25) is 0 Å². The van der Waals surface area contributed by atoms with E-state index in [0.717, 1.165) is 48.6 Å². The predicted molar refractivity (Wildman–Crippen MR) is 130 cm³/mol. The highest BCUT2D eigenvalue weighted by molar-refractivity contribution is 5.82. The van der Waals surface area contributed by atoms with Crippen molar-refractivity contribution in [3.63, 3.8) is 0 Å². The van der Waals surface area contributed by atoms with Crippen LogP contribution in [-0.4, -0.2) is 18.6 Å². The summed E-state index contributed by atoms with van der Waals surface area (Å²) in [5.41, 5.74) is 1.90. The number of carbonyl (C=O) groups excluding carboxylic acids is 2. The van der Waals surface area contributed by atoms with Gasteiger partial charge in [0.2, 0.25) is 0 Å². The fourth-order valence-electron chi connectivity index (χ4n) is 3.57. The normalized spacial score (nSPS) is 10.7. The van der Waals surface area contributed by atoms with Crippen molar-refractivity contribution in [2.45, 2.75) is 58.5 Å². The maximum Gasteiger partial charge on any atom is 0.407 e. The molecule has 1 N–H and O–H groups in total. The standard InChI is InChI=1S/C27H31NO6/c1-2-3-12-21-17-26(30)34-24-18-22(14-15-23(21)24)33-25(29)13-8-5-9-16-28-27(31)32-19-20-10-6-4-7-11-20/h4,6-7,10-11,14-15,17-18H,2-3,5,8-9,12-13,16,19H2,1H3,(H,28,31). The summed E-state index contributed by atoms with van der Waals surface area (Å²) in [7, 11) is 0. The second-order valence-corrected chi connectivity index (χ2v) is 8.13. The molecule has 3 rings (SSSR count). The Kier molecular flexibility index (Phi) is 9.70. The SMILES string of the molecule is CCCCc1cc(=O)oc2cc(OC(=O)CCCCCNC(=O)OCc3ccccc3)ccc12. The van der Waals surface area contributed by atoms with Gasteiger partial charge in [-0.3, -0.25) is 4.79 Å². The lowest BCUT2D eigenvalue weighted by Crippen LogP contribution is -2.25. The minimum atomic E-state index is -0.455. The number of nitrogens with one attached hydrogen (secondary N) is 1. The van der Waals surface area contributed by atoms with Crippen molar-refractivity contribution in [1.82, 2.24) is 5.32 Å². The Hall–Kier alpha value is -3.61. The van der Waals surface area contributed by atoms with Gasteiger partial charge in [0.15, 0.2) is 0 Å². The molecule has 0 bridgehead atoms. The van der Waals surface area contributed by atoms with Crippen molar-refractivity contribution < 1.29 is 23.5 Å². The van der Waals surface area contributed by atoms with Crippen LogP contribution in [-0.2, 0) is 22.6 Å². The van der Waals surface area contributed by atoms with Crippen LogP contribution in [0.4, 0.5) is 4.79 Å². The number of hydrogen-bond acceptors (Lipinski definition) is 6. The van der Waals surface area contributed by atoms with Gasteiger partial charge in [-0.2, -0.15) is 0 Å². The van der Waals surface area contributed by atoms with Gasteiger partial charge in [0.05, 0.1) is 0 Å². The summed E-state index contributed by atoms with van der Waals surface area (Å²) in [5.74, 6) is 0.00943. The Bertz CT molecular complexity index is 1140. The monoisotopic (exact) mass is 465 g/mol. The van der Waals surface area contributed by atoms with Gasteiger partial charge in [0.25, 0.3) is 0 Å². The van der Waals surface area contributed by atoms with Gasteiger partial charge in [-0.1, -0.05) is 50.1 Å². The Morgan fingerprint density at radius 3 is 2.59 bits per heavy atom. The number of benzene rings is 2. The Morgan fingerprint density at radius 1 is 0.971 bits per heavy atom. The number of ether oxygens (including phenoxy) is 2. The lowest BCUT2D eigenvalue weighted by Gasteiger charge is -2.08. The fraction of sp³-hybridized carbons (Fsp3) is 0.370. The van der Waals surface area contributed by atoms with E-state index in [9.17, 15) is 14.4 Å². The zero-order valence-corrected chi connectivity index (χ0v) is 19.5. The number of aryl methyl sites for hydroxylation is 1. The molecule has 34 heavy (non-hydrogen) atoms. The second kappa shape index (κ2) is 13.2. The number of fused-ring (bicyclic) bond motifs is 1. The third kappa shape index (κ3) is 8.06. The molecule has 7 heteroatoms. The van der Waals surface area contributed by atoms with Crippen LogP contribution < -0.4 is 15.7 Å². The minimum absolute atomic E-state index is 0.233. The zero-order valence-electron chi connectivity index (χ0n) is 19.5. The first-order valence-corrected chi connectivity index (χ1v) is 11.8. The molecule has 7 nitrogen and oxygen atoms in total. The van der Waals surface area contributed by atoms with E-state index in [2.05, 4.69) is 12.2 Å². The Balaban J connectivity index is 1.35. The highest BCUT2D eigenvalue weighted by Gasteiger charge is 2.10. The van der Waals surface area contributed by atoms with Crippen molar-refractivity contribution >= 4 is 23.0 Å². The van der Waals surface area contributed by atoms with Crippen LogP contribution in [0.15, 0.2) is 63.8 Å². The van der Waals surface area contributed by atoms with Gasteiger partial charge < -0.3 is 19.2 Å². The van der Waals surface area contributed by atoms with Crippen LogP contribution in [0.25, 0.3) is 11.0 Å². The van der Waals surface area contributed by atoms with Gasteiger partial charge in [0, 0.05) is 30.5 Å². The van der Waals surface area contributed by atoms with Crippen molar-refractivity contribution in [3.8, 4) is 5.75 Å². The molecule has 1 amide bonds. The summed E-state index contributed by atoms with van der Waals surface area (Å²) >= 11 is 0. The van der Waals surface area contributed by atoms with Crippen molar-refractivity contribution in [2.75, 3.05) is 6.54 Å². The third-order valence-corrected chi connectivity index (χ3v) is 5.37. The van der Waals surface area contributed by atoms with E-state index in [1.165, 1.54) is 6.07 Å². The summed E-state index contributed by atoms with van der Waals surface area (Å²) in [6.07, 6.45) is 4.77. The van der Waals surface area contributed by atoms with E-state index in [0.29, 0.717) is 24.3 Å². The lowest BCUT2D eigenvalue weighted by molar-refractivity contribution is -0.134. The number of rotatable bonds is 12. The molecule has 180 valence electrons. The van der Waals surface area contributed by atoms with E-state index in [-0.39, 0.29) is 19.0 Å². The third-order valence-electron chi connectivity index (χ3n) is 5.37. The molecule has 0 saturated heterocycles. The molecule has 0 radical (unpaired) electrons. The molecule has 0 atom stereocenters. The van der Waals surface area contributed by atoms with Crippen molar-refractivity contribution in [1.29, 1.82) is 0 Å². The molecule has 0 spiro atoms. The average Bonchev–Trinajstić information content (AvgIpc) is 2.83. The topological polar surface area (TPSA) is 94.8 Å². The molecule has 0 aliphatic rings. The quantitative estimate of drug-likeness (QED) is 0.164. The van der Waals surface area contributed by atoms with Gasteiger partial charge in [-0.05, 0) is 48.9 Å². The van der Waals surface area contributed by atoms with E-state index in [4.69, 9.17) is 13.9 Å². The van der Waals surface area contributed by atoms with E-state index in [1.807, 2.05) is 36.4 Å². The van der Waals surface area contributed by atoms with Gasteiger partial charge >= 0.3 is 17.7 Å². The molecular weight excluding hydrogens is 434 g/mol. The molecular formula is C27H31NO6. The van der Waals surface area contributed by atoms with Crippen LogP contribution in [0, 0.1) is 0 Å². The molecule has 0 saturated carbocycles. The molecule has 2 aromatic carbocycles. The molecule has 0 aliphatic heterocycles. The summed E-state index contributed by atoms with van der Waals surface area (Å²) in [6.45, 7) is 2.81. The zero-order chi connectivity index (χ0) is 24.2.